The summed E-state index contributed by atoms with van der Waals surface area (Å²) in [5, 5.41) is 8.75. The molecule has 0 radical (unpaired) electrons. The predicted molar refractivity (Wildman–Crippen MR) is 77.3 cm³/mol. The topological polar surface area (TPSA) is 66.6 Å². The number of aliphatic hydroxyl groups is 1. The molecule has 1 amide bonds. The van der Waals surface area contributed by atoms with Gasteiger partial charge in [-0.1, -0.05) is 11.8 Å². The lowest BCUT2D eigenvalue weighted by Gasteiger charge is -2.16. The van der Waals surface area contributed by atoms with Crippen LogP contribution in [-0.2, 0) is 6.54 Å². The van der Waals surface area contributed by atoms with E-state index in [1.54, 1.807) is 42.7 Å². The first kappa shape index (κ1) is 14.8. The molecule has 0 saturated heterocycles. The summed E-state index contributed by atoms with van der Waals surface area (Å²) >= 11 is 0. The summed E-state index contributed by atoms with van der Waals surface area (Å²) in [6.07, 6.45) is 5.06. The second kappa shape index (κ2) is 7.27. The zero-order chi connectivity index (χ0) is 15.1. The van der Waals surface area contributed by atoms with Crippen LogP contribution in [-0.4, -0.2) is 34.6 Å². The van der Waals surface area contributed by atoms with Crippen molar-refractivity contribution in [2.45, 2.75) is 13.0 Å². The molecule has 108 valence electrons. The van der Waals surface area contributed by atoms with Crippen LogP contribution in [0.1, 0.15) is 28.1 Å². The minimum atomic E-state index is -0.151. The SMILES string of the molecule is CN(Cc1ccco1)C(=O)c1ccncc1C#CCCO. The largest absolute Gasteiger partial charge is 0.467 e. The third kappa shape index (κ3) is 3.94. The van der Waals surface area contributed by atoms with Gasteiger partial charge < -0.3 is 14.4 Å². The summed E-state index contributed by atoms with van der Waals surface area (Å²) in [5.74, 6) is 6.23. The molecule has 5 nitrogen and oxygen atoms in total. The lowest BCUT2D eigenvalue weighted by Crippen LogP contribution is -2.26. The third-order valence-electron chi connectivity index (χ3n) is 2.83. The molecule has 2 aromatic heterocycles. The molecule has 0 saturated carbocycles. The van der Waals surface area contributed by atoms with Crippen molar-refractivity contribution in [3.8, 4) is 11.8 Å². The molecular formula is C16H16N2O3. The summed E-state index contributed by atoms with van der Waals surface area (Å²) in [7, 11) is 1.70. The number of carbonyl (C=O) groups excluding carboxylic acids is 1. The van der Waals surface area contributed by atoms with Crippen molar-refractivity contribution in [2.75, 3.05) is 13.7 Å². The minimum Gasteiger partial charge on any atom is -0.467 e. The Morgan fingerprint density at radius 1 is 1.48 bits per heavy atom. The lowest BCUT2D eigenvalue weighted by atomic mass is 10.1. The maximum Gasteiger partial charge on any atom is 0.255 e. The highest BCUT2D eigenvalue weighted by atomic mass is 16.3. The zero-order valence-electron chi connectivity index (χ0n) is 11.7. The number of hydrogen-bond acceptors (Lipinski definition) is 4. The van der Waals surface area contributed by atoms with E-state index in [2.05, 4.69) is 16.8 Å². The van der Waals surface area contributed by atoms with Crippen molar-refractivity contribution < 1.29 is 14.3 Å². The molecule has 2 rings (SSSR count). The van der Waals surface area contributed by atoms with Gasteiger partial charge in [-0.3, -0.25) is 9.78 Å². The number of rotatable bonds is 4. The molecule has 21 heavy (non-hydrogen) atoms. The third-order valence-corrected chi connectivity index (χ3v) is 2.83. The minimum absolute atomic E-state index is 0.00502. The van der Waals surface area contributed by atoms with Gasteiger partial charge in [-0.15, -0.1) is 0 Å². The van der Waals surface area contributed by atoms with Gasteiger partial charge in [-0.05, 0) is 18.2 Å². The molecule has 0 aliphatic carbocycles. The maximum absolute atomic E-state index is 12.5. The van der Waals surface area contributed by atoms with Crippen LogP contribution < -0.4 is 0 Å². The van der Waals surface area contributed by atoms with E-state index in [0.717, 1.165) is 0 Å². The van der Waals surface area contributed by atoms with Crippen molar-refractivity contribution in [3.63, 3.8) is 0 Å². The van der Waals surface area contributed by atoms with Crippen molar-refractivity contribution in [1.29, 1.82) is 0 Å². The average Bonchev–Trinajstić information content (AvgIpc) is 3.00. The van der Waals surface area contributed by atoms with Crippen molar-refractivity contribution in [1.82, 2.24) is 9.88 Å². The highest BCUT2D eigenvalue weighted by Crippen LogP contribution is 2.11. The van der Waals surface area contributed by atoms with E-state index in [9.17, 15) is 4.79 Å². The van der Waals surface area contributed by atoms with Crippen LogP contribution in [0.2, 0.25) is 0 Å². The fraction of sp³-hybridized carbons (Fsp3) is 0.250. The van der Waals surface area contributed by atoms with Crippen LogP contribution in [0.3, 0.4) is 0 Å². The molecule has 0 aliphatic rings. The predicted octanol–water partition coefficient (Wildman–Crippen LogP) is 1.68. The molecule has 1 N–H and O–H groups in total. The summed E-state index contributed by atoms with van der Waals surface area (Å²) < 4.78 is 5.24. The van der Waals surface area contributed by atoms with Crippen molar-refractivity contribution >= 4 is 5.91 Å². The van der Waals surface area contributed by atoms with E-state index >= 15 is 0 Å². The molecule has 0 atom stereocenters. The Kier molecular flexibility index (Phi) is 5.13. The Labute approximate surface area is 123 Å². The molecule has 0 unspecified atom stereocenters. The molecule has 0 aromatic carbocycles. The standard InChI is InChI=1S/C16H16N2O3/c1-18(12-14-6-4-10-21-14)16(20)15-7-8-17-11-13(15)5-2-3-9-19/h4,6-8,10-11,19H,3,9,12H2,1H3. The maximum atomic E-state index is 12.5. The summed E-state index contributed by atoms with van der Waals surface area (Å²) in [4.78, 5) is 18.0. The Bertz CT molecular complexity index is 654. The van der Waals surface area contributed by atoms with Gasteiger partial charge in [0.2, 0.25) is 0 Å². The molecule has 2 heterocycles. The summed E-state index contributed by atoms with van der Waals surface area (Å²) in [6.45, 7) is 0.382. The number of furan rings is 1. The smallest absolute Gasteiger partial charge is 0.255 e. The van der Waals surface area contributed by atoms with E-state index in [1.165, 1.54) is 0 Å². The Morgan fingerprint density at radius 2 is 2.33 bits per heavy atom. The number of carbonyl (C=O) groups is 1. The number of aliphatic hydroxyl groups excluding tert-OH is 1. The highest BCUT2D eigenvalue weighted by Gasteiger charge is 2.16. The normalized spacial score (nSPS) is 9.81. The van der Waals surface area contributed by atoms with Crippen LogP contribution in [0, 0.1) is 11.8 Å². The molecule has 0 spiro atoms. The lowest BCUT2D eigenvalue weighted by molar-refractivity contribution is 0.0775. The number of hydrogen-bond donors (Lipinski definition) is 1. The molecular weight excluding hydrogens is 268 g/mol. The van der Waals surface area contributed by atoms with Gasteiger partial charge in [-0.25, -0.2) is 0 Å². The summed E-state index contributed by atoms with van der Waals surface area (Å²) in [5.41, 5.74) is 1.05. The second-order valence-electron chi connectivity index (χ2n) is 4.44. The number of aromatic nitrogens is 1. The molecule has 0 fully saturated rings. The van der Waals surface area contributed by atoms with E-state index < -0.39 is 0 Å². The van der Waals surface area contributed by atoms with Crippen molar-refractivity contribution in [2.24, 2.45) is 0 Å². The van der Waals surface area contributed by atoms with Crippen LogP contribution >= 0.6 is 0 Å². The average molecular weight is 284 g/mol. The molecule has 0 aliphatic heterocycles. The fourth-order valence-electron chi connectivity index (χ4n) is 1.81. The van der Waals surface area contributed by atoms with Gasteiger partial charge >= 0.3 is 0 Å². The van der Waals surface area contributed by atoms with Crippen LogP contribution in [0.4, 0.5) is 0 Å². The summed E-state index contributed by atoms with van der Waals surface area (Å²) in [6, 6.07) is 5.24. The first-order valence-corrected chi connectivity index (χ1v) is 6.54. The molecule has 5 heteroatoms. The van der Waals surface area contributed by atoms with Gasteiger partial charge in [0.25, 0.3) is 5.91 Å². The number of pyridine rings is 1. The first-order chi connectivity index (χ1) is 10.2. The van der Waals surface area contributed by atoms with Crippen LogP contribution in [0.25, 0.3) is 0 Å². The van der Waals surface area contributed by atoms with E-state index in [-0.39, 0.29) is 12.5 Å². The van der Waals surface area contributed by atoms with Gasteiger partial charge in [0, 0.05) is 25.9 Å². The van der Waals surface area contributed by atoms with Crippen LogP contribution in [0.15, 0.2) is 41.3 Å². The van der Waals surface area contributed by atoms with Crippen LogP contribution in [0.5, 0.6) is 0 Å². The zero-order valence-corrected chi connectivity index (χ0v) is 11.7. The van der Waals surface area contributed by atoms with Gasteiger partial charge in [-0.2, -0.15) is 0 Å². The van der Waals surface area contributed by atoms with Gasteiger partial charge in [0.05, 0.1) is 30.5 Å². The Balaban J connectivity index is 2.17. The van der Waals surface area contributed by atoms with Gasteiger partial charge in [0.15, 0.2) is 0 Å². The fourth-order valence-corrected chi connectivity index (χ4v) is 1.81. The molecule has 0 bridgehead atoms. The highest BCUT2D eigenvalue weighted by molar-refractivity contribution is 5.96. The Morgan fingerprint density at radius 3 is 3.05 bits per heavy atom. The second-order valence-corrected chi connectivity index (χ2v) is 4.44. The quantitative estimate of drug-likeness (QED) is 0.867. The van der Waals surface area contributed by atoms with E-state index in [1.807, 2.05) is 6.07 Å². The Hall–Kier alpha value is -2.58. The van der Waals surface area contributed by atoms with E-state index in [4.69, 9.17) is 9.52 Å². The number of nitrogens with zero attached hydrogens (tertiary/aromatic N) is 2. The van der Waals surface area contributed by atoms with E-state index in [0.29, 0.717) is 29.9 Å². The molecule has 2 aromatic rings. The first-order valence-electron chi connectivity index (χ1n) is 6.54. The van der Waals surface area contributed by atoms with Gasteiger partial charge in [0.1, 0.15) is 5.76 Å². The monoisotopic (exact) mass is 284 g/mol. The van der Waals surface area contributed by atoms with Crippen molar-refractivity contribution in [3.05, 3.63) is 53.7 Å². The number of amides is 1.